The first-order valence-corrected chi connectivity index (χ1v) is 5.98. The smallest absolute Gasteiger partial charge is 0.141 e. The molecule has 0 aliphatic rings. The van der Waals surface area contributed by atoms with Crippen molar-refractivity contribution in [1.29, 1.82) is 0 Å². The number of aromatic nitrogens is 2. The maximum absolute atomic E-state index is 6.07. The number of nitrogens with one attached hydrogen (secondary N) is 1. The molecule has 0 amide bonds. The van der Waals surface area contributed by atoms with Crippen molar-refractivity contribution in [3.63, 3.8) is 0 Å². The number of thiazole rings is 1. The van der Waals surface area contributed by atoms with Gasteiger partial charge in [0.2, 0.25) is 0 Å². The van der Waals surface area contributed by atoms with Gasteiger partial charge >= 0.3 is 0 Å². The van der Waals surface area contributed by atoms with Gasteiger partial charge in [-0.05, 0) is 18.2 Å². The molecule has 2 aromatic heterocycles. The summed E-state index contributed by atoms with van der Waals surface area (Å²) in [6.07, 6.45) is 1.76. The molecule has 5 heteroatoms. The van der Waals surface area contributed by atoms with E-state index < -0.39 is 0 Å². The van der Waals surface area contributed by atoms with Crippen LogP contribution < -0.4 is 5.73 Å². The van der Waals surface area contributed by atoms with Gasteiger partial charge in [0.25, 0.3) is 0 Å². The lowest BCUT2D eigenvalue weighted by molar-refractivity contribution is 1.36. The fourth-order valence-corrected chi connectivity index (χ4v) is 2.53. The molecule has 0 spiro atoms. The van der Waals surface area contributed by atoms with E-state index in [0.29, 0.717) is 5.02 Å². The Labute approximate surface area is 101 Å². The summed E-state index contributed by atoms with van der Waals surface area (Å²) in [6, 6.07) is 5.62. The summed E-state index contributed by atoms with van der Waals surface area (Å²) in [4.78, 5) is 7.48. The molecule has 0 atom stereocenters. The second-order valence-corrected chi connectivity index (χ2v) is 4.77. The van der Waals surface area contributed by atoms with E-state index in [2.05, 4.69) is 9.97 Å². The lowest BCUT2D eigenvalue weighted by Gasteiger charge is -1.93. The van der Waals surface area contributed by atoms with Crippen molar-refractivity contribution in [3.8, 4) is 10.7 Å². The van der Waals surface area contributed by atoms with E-state index in [0.717, 1.165) is 27.3 Å². The van der Waals surface area contributed by atoms with Crippen LogP contribution in [0.2, 0.25) is 5.02 Å². The highest BCUT2D eigenvalue weighted by atomic mass is 35.5. The number of halogens is 1. The Morgan fingerprint density at radius 1 is 1.38 bits per heavy atom. The number of fused-ring (bicyclic) bond motifs is 1. The third kappa shape index (κ3) is 1.38. The Balaban J connectivity index is 2.31. The first-order chi connectivity index (χ1) is 7.75. The van der Waals surface area contributed by atoms with Crippen LogP contribution in [0.15, 0.2) is 29.8 Å². The van der Waals surface area contributed by atoms with Crippen molar-refractivity contribution in [1.82, 2.24) is 9.97 Å². The molecule has 0 aliphatic carbocycles. The normalized spacial score (nSPS) is 11.1. The van der Waals surface area contributed by atoms with E-state index >= 15 is 0 Å². The summed E-state index contributed by atoms with van der Waals surface area (Å²) in [6.45, 7) is 0. The van der Waals surface area contributed by atoms with Crippen LogP contribution in [0, 0.1) is 0 Å². The molecule has 3 nitrogen and oxygen atoms in total. The zero-order valence-electron chi connectivity index (χ0n) is 8.20. The van der Waals surface area contributed by atoms with Gasteiger partial charge in [-0.3, -0.25) is 0 Å². The lowest BCUT2D eigenvalue weighted by Crippen LogP contribution is -1.85. The maximum Gasteiger partial charge on any atom is 0.141 e. The van der Waals surface area contributed by atoms with Gasteiger partial charge in [-0.25, -0.2) is 4.98 Å². The quantitative estimate of drug-likeness (QED) is 0.693. The Morgan fingerprint density at radius 2 is 2.25 bits per heavy atom. The molecule has 0 aliphatic heterocycles. The second-order valence-electron chi connectivity index (χ2n) is 3.44. The molecule has 3 N–H and O–H groups in total. The summed E-state index contributed by atoms with van der Waals surface area (Å²) in [5.74, 6) is 0. The zero-order chi connectivity index (χ0) is 11.1. The highest BCUT2D eigenvalue weighted by molar-refractivity contribution is 7.13. The number of nitrogen functional groups attached to an aromatic ring is 1. The minimum Gasteiger partial charge on any atom is -0.396 e. The molecule has 0 saturated carbocycles. The molecule has 80 valence electrons. The molecule has 16 heavy (non-hydrogen) atoms. The van der Waals surface area contributed by atoms with Crippen molar-refractivity contribution in [3.05, 3.63) is 34.8 Å². The lowest BCUT2D eigenvalue weighted by atomic mass is 10.2. The zero-order valence-corrected chi connectivity index (χ0v) is 9.77. The summed E-state index contributed by atoms with van der Waals surface area (Å²) < 4.78 is 0. The Hall–Kier alpha value is -1.52. The highest BCUT2D eigenvalue weighted by Gasteiger charge is 2.12. The molecule has 0 unspecified atom stereocenters. The van der Waals surface area contributed by atoms with Crippen LogP contribution in [0.4, 0.5) is 5.69 Å². The van der Waals surface area contributed by atoms with Gasteiger partial charge in [0.05, 0.1) is 11.4 Å². The van der Waals surface area contributed by atoms with E-state index in [9.17, 15) is 0 Å². The Kier molecular flexibility index (Phi) is 2.12. The SMILES string of the molecule is Nc1c(-c2nccs2)[nH]c2cc(Cl)ccc12. The topological polar surface area (TPSA) is 54.7 Å². The molecule has 0 saturated heterocycles. The summed E-state index contributed by atoms with van der Waals surface area (Å²) >= 11 is 7.49. The number of H-pyrrole nitrogens is 1. The largest absolute Gasteiger partial charge is 0.396 e. The van der Waals surface area contributed by atoms with Crippen LogP contribution in [-0.4, -0.2) is 9.97 Å². The minimum atomic E-state index is 0.694. The van der Waals surface area contributed by atoms with E-state index in [1.807, 2.05) is 23.6 Å². The first kappa shape index (κ1) is 9.69. The monoisotopic (exact) mass is 249 g/mol. The van der Waals surface area contributed by atoms with Crippen LogP contribution >= 0.6 is 22.9 Å². The number of nitrogens with zero attached hydrogens (tertiary/aromatic N) is 1. The molecule has 0 radical (unpaired) electrons. The van der Waals surface area contributed by atoms with Gasteiger partial charge < -0.3 is 10.7 Å². The molecule has 3 rings (SSSR count). The number of aromatic amines is 1. The fraction of sp³-hybridized carbons (Fsp3) is 0. The molecule has 3 aromatic rings. The molecule has 0 bridgehead atoms. The van der Waals surface area contributed by atoms with Crippen molar-refractivity contribution in [2.24, 2.45) is 0 Å². The third-order valence-corrected chi connectivity index (χ3v) is 3.47. The van der Waals surface area contributed by atoms with Crippen molar-refractivity contribution in [2.45, 2.75) is 0 Å². The van der Waals surface area contributed by atoms with Gasteiger partial charge in [-0.1, -0.05) is 11.6 Å². The van der Waals surface area contributed by atoms with E-state index in [1.165, 1.54) is 0 Å². The fourth-order valence-electron chi connectivity index (χ4n) is 1.71. The number of anilines is 1. The van der Waals surface area contributed by atoms with Crippen molar-refractivity contribution in [2.75, 3.05) is 5.73 Å². The van der Waals surface area contributed by atoms with Crippen LogP contribution in [0.25, 0.3) is 21.6 Å². The van der Waals surface area contributed by atoms with Gasteiger partial charge in [0, 0.05) is 27.5 Å². The Bertz CT molecular complexity index is 643. The maximum atomic E-state index is 6.07. The summed E-state index contributed by atoms with van der Waals surface area (Å²) in [5, 5.41) is 4.49. The minimum absolute atomic E-state index is 0.694. The van der Waals surface area contributed by atoms with Crippen LogP contribution in [-0.2, 0) is 0 Å². The highest BCUT2D eigenvalue weighted by Crippen LogP contribution is 2.34. The number of hydrogen-bond acceptors (Lipinski definition) is 3. The molecular weight excluding hydrogens is 242 g/mol. The van der Waals surface area contributed by atoms with Gasteiger partial charge in [0.1, 0.15) is 5.01 Å². The summed E-state index contributed by atoms with van der Waals surface area (Å²) in [7, 11) is 0. The number of nitrogens with two attached hydrogens (primary N) is 1. The number of hydrogen-bond donors (Lipinski definition) is 2. The first-order valence-electron chi connectivity index (χ1n) is 4.72. The summed E-state index contributed by atoms with van der Waals surface area (Å²) in [5.41, 5.74) is 8.60. The van der Waals surface area contributed by atoms with Crippen LogP contribution in [0.3, 0.4) is 0 Å². The Morgan fingerprint density at radius 3 is 3.00 bits per heavy atom. The van der Waals surface area contributed by atoms with Crippen molar-refractivity contribution < 1.29 is 0 Å². The second kappa shape index (κ2) is 3.50. The van der Waals surface area contributed by atoms with Crippen LogP contribution in [0.5, 0.6) is 0 Å². The predicted octanol–water partition coefficient (Wildman–Crippen LogP) is 3.53. The van der Waals surface area contributed by atoms with Gasteiger partial charge in [-0.15, -0.1) is 11.3 Å². The number of benzene rings is 1. The third-order valence-electron chi connectivity index (χ3n) is 2.45. The molecule has 0 fully saturated rings. The molecule has 1 aromatic carbocycles. The molecular formula is C11H8ClN3S. The predicted molar refractivity (Wildman–Crippen MR) is 68.8 cm³/mol. The van der Waals surface area contributed by atoms with E-state index in [-0.39, 0.29) is 0 Å². The van der Waals surface area contributed by atoms with E-state index in [1.54, 1.807) is 17.5 Å². The van der Waals surface area contributed by atoms with Crippen LogP contribution in [0.1, 0.15) is 0 Å². The van der Waals surface area contributed by atoms with Crippen molar-refractivity contribution >= 4 is 39.5 Å². The van der Waals surface area contributed by atoms with Gasteiger partial charge in [0.15, 0.2) is 0 Å². The average molecular weight is 250 g/mol. The average Bonchev–Trinajstić information content (AvgIpc) is 2.86. The standard InChI is InChI=1S/C11H8ClN3S/c12-6-1-2-7-8(5-6)15-10(9(7)13)11-14-3-4-16-11/h1-5,15H,13H2. The van der Waals surface area contributed by atoms with E-state index in [4.69, 9.17) is 17.3 Å². The molecule has 2 heterocycles. The van der Waals surface area contributed by atoms with Gasteiger partial charge in [-0.2, -0.15) is 0 Å². The number of rotatable bonds is 1.